The van der Waals surface area contributed by atoms with Crippen LogP contribution in [0.5, 0.6) is 0 Å². The first kappa shape index (κ1) is 18.1. The molecule has 0 spiro atoms. The number of aromatic amines is 1. The maximum absolute atomic E-state index is 12.9. The van der Waals surface area contributed by atoms with Crippen LogP contribution in [0.3, 0.4) is 0 Å². The second kappa shape index (κ2) is 7.02. The van der Waals surface area contributed by atoms with Gasteiger partial charge in [-0.3, -0.25) is 9.89 Å². The van der Waals surface area contributed by atoms with Crippen LogP contribution in [0.25, 0.3) is 17.5 Å². The molecule has 0 fully saturated rings. The molecule has 4 heterocycles. The summed E-state index contributed by atoms with van der Waals surface area (Å²) in [7, 11) is 1.77. The third-order valence-electron chi connectivity index (χ3n) is 4.89. The summed E-state index contributed by atoms with van der Waals surface area (Å²) in [5, 5.41) is 11.1. The van der Waals surface area contributed by atoms with Gasteiger partial charge >= 0.3 is 0 Å². The molecule has 10 heteroatoms. The smallest absolute Gasteiger partial charge is 0.254 e. The van der Waals surface area contributed by atoms with E-state index >= 15 is 0 Å². The van der Waals surface area contributed by atoms with E-state index in [-0.39, 0.29) is 18.0 Å². The van der Waals surface area contributed by atoms with Crippen LogP contribution in [0.4, 0.5) is 11.5 Å². The Labute approximate surface area is 162 Å². The predicted molar refractivity (Wildman–Crippen MR) is 104 cm³/mol. The molecule has 3 aromatic heterocycles. The van der Waals surface area contributed by atoms with E-state index in [0.717, 1.165) is 24.4 Å². The monoisotopic (exact) mass is 381 g/mol. The van der Waals surface area contributed by atoms with Crippen molar-refractivity contribution in [1.82, 2.24) is 34.9 Å². The van der Waals surface area contributed by atoms with E-state index in [2.05, 4.69) is 50.9 Å². The van der Waals surface area contributed by atoms with E-state index in [9.17, 15) is 4.79 Å². The molecule has 0 aliphatic carbocycles. The third-order valence-corrected chi connectivity index (χ3v) is 4.89. The average Bonchev–Trinajstić information content (AvgIpc) is 3.36. The van der Waals surface area contributed by atoms with Crippen LogP contribution in [0.15, 0.2) is 24.8 Å². The van der Waals surface area contributed by atoms with Gasteiger partial charge in [-0.2, -0.15) is 19.9 Å². The Morgan fingerprint density at radius 1 is 1.29 bits per heavy atom. The highest BCUT2D eigenvalue weighted by Gasteiger charge is 2.39. The molecule has 1 aliphatic rings. The zero-order chi connectivity index (χ0) is 19.8. The number of carbonyl (C=O) groups excluding carboxylic acids is 1. The van der Waals surface area contributed by atoms with Gasteiger partial charge in [0.15, 0.2) is 11.6 Å². The molecule has 0 saturated heterocycles. The second-order valence-corrected chi connectivity index (χ2v) is 7.05. The molecule has 1 atom stereocenters. The predicted octanol–water partition coefficient (Wildman–Crippen LogP) is 1.81. The lowest BCUT2D eigenvalue weighted by Crippen LogP contribution is -2.55. The Bertz CT molecular complexity index is 979. The number of hydrogen-bond acceptors (Lipinski definition) is 7. The van der Waals surface area contributed by atoms with Gasteiger partial charge in [-0.15, -0.1) is 0 Å². The van der Waals surface area contributed by atoms with Crippen molar-refractivity contribution in [2.24, 2.45) is 0 Å². The van der Waals surface area contributed by atoms with Crippen LogP contribution in [0.2, 0.25) is 0 Å². The highest BCUT2D eigenvalue weighted by molar-refractivity contribution is 6.04. The fraction of sp³-hybridized carbons (Fsp3) is 0.444. The molecule has 0 radical (unpaired) electrons. The van der Waals surface area contributed by atoms with E-state index in [1.165, 1.54) is 6.33 Å². The Balaban J connectivity index is 1.84. The summed E-state index contributed by atoms with van der Waals surface area (Å²) >= 11 is 0. The SMILES string of the molecule is CCCC1C(=O)N(C)c2cnc(-n3ncnc3-c3ccn[nH]3)nc2N1C(C)C. The van der Waals surface area contributed by atoms with Crippen LogP contribution < -0.4 is 9.80 Å². The van der Waals surface area contributed by atoms with Gasteiger partial charge in [-0.25, -0.2) is 9.97 Å². The van der Waals surface area contributed by atoms with E-state index in [4.69, 9.17) is 4.98 Å². The Kier molecular flexibility index (Phi) is 4.54. The topological polar surface area (TPSA) is 109 Å². The number of fused-ring (bicyclic) bond motifs is 1. The highest BCUT2D eigenvalue weighted by atomic mass is 16.2. The summed E-state index contributed by atoms with van der Waals surface area (Å²) in [5.41, 5.74) is 1.41. The molecule has 10 nitrogen and oxygen atoms in total. The maximum atomic E-state index is 12.9. The first-order valence-electron chi connectivity index (χ1n) is 9.36. The Morgan fingerprint density at radius 3 is 2.79 bits per heavy atom. The van der Waals surface area contributed by atoms with E-state index in [1.807, 2.05) is 6.07 Å². The largest absolute Gasteiger partial charge is 0.340 e. The molecule has 0 saturated carbocycles. The van der Waals surface area contributed by atoms with Crippen molar-refractivity contribution < 1.29 is 4.79 Å². The molecule has 146 valence electrons. The van der Waals surface area contributed by atoms with Crippen molar-refractivity contribution in [1.29, 1.82) is 0 Å². The molecule has 1 amide bonds. The van der Waals surface area contributed by atoms with Gasteiger partial charge in [0, 0.05) is 19.3 Å². The van der Waals surface area contributed by atoms with Crippen molar-refractivity contribution in [2.45, 2.75) is 45.7 Å². The highest BCUT2D eigenvalue weighted by Crippen LogP contribution is 2.36. The zero-order valence-corrected chi connectivity index (χ0v) is 16.4. The standard InChI is InChI=1S/C18H23N9O/c1-5-6-13-17(28)25(4)14-9-19-18(23-16(14)26(13)11(2)3)27-15(20-10-22-27)12-7-8-21-24-12/h7-11,13H,5-6H2,1-4H3,(H,21,24). The number of aromatic nitrogens is 7. The molecular formula is C18H23N9O. The van der Waals surface area contributed by atoms with Gasteiger partial charge < -0.3 is 9.80 Å². The van der Waals surface area contributed by atoms with Gasteiger partial charge in [0.1, 0.15) is 23.8 Å². The van der Waals surface area contributed by atoms with Crippen molar-refractivity contribution in [3.8, 4) is 17.5 Å². The molecule has 1 unspecified atom stereocenters. The Morgan fingerprint density at radius 2 is 2.11 bits per heavy atom. The number of hydrogen-bond donors (Lipinski definition) is 1. The minimum Gasteiger partial charge on any atom is -0.340 e. The number of nitrogens with one attached hydrogen (secondary N) is 1. The molecule has 1 N–H and O–H groups in total. The molecule has 3 aromatic rings. The van der Waals surface area contributed by atoms with Gasteiger partial charge in [0.2, 0.25) is 5.91 Å². The first-order chi connectivity index (χ1) is 13.5. The van der Waals surface area contributed by atoms with Crippen molar-refractivity contribution in [3.63, 3.8) is 0 Å². The Hall–Kier alpha value is -3.30. The van der Waals surface area contributed by atoms with Gasteiger partial charge in [0.25, 0.3) is 5.95 Å². The van der Waals surface area contributed by atoms with Crippen LogP contribution >= 0.6 is 0 Å². The van der Waals surface area contributed by atoms with Gasteiger partial charge in [-0.05, 0) is 26.3 Å². The van der Waals surface area contributed by atoms with E-state index in [0.29, 0.717) is 17.5 Å². The van der Waals surface area contributed by atoms with Crippen LogP contribution in [0.1, 0.15) is 33.6 Å². The number of H-pyrrole nitrogens is 1. The summed E-state index contributed by atoms with van der Waals surface area (Å²) in [6.07, 6.45) is 6.45. The fourth-order valence-electron chi connectivity index (χ4n) is 3.59. The first-order valence-corrected chi connectivity index (χ1v) is 9.36. The van der Waals surface area contributed by atoms with Crippen LogP contribution in [-0.2, 0) is 4.79 Å². The van der Waals surface area contributed by atoms with E-state index in [1.54, 1.807) is 29.0 Å². The fourth-order valence-corrected chi connectivity index (χ4v) is 3.59. The lowest BCUT2D eigenvalue weighted by Gasteiger charge is -2.42. The molecule has 28 heavy (non-hydrogen) atoms. The van der Waals surface area contributed by atoms with Crippen LogP contribution in [0, 0.1) is 0 Å². The maximum Gasteiger partial charge on any atom is 0.254 e. The zero-order valence-electron chi connectivity index (χ0n) is 16.4. The number of rotatable bonds is 5. The van der Waals surface area contributed by atoms with Crippen molar-refractivity contribution >= 4 is 17.4 Å². The van der Waals surface area contributed by atoms with E-state index < -0.39 is 0 Å². The third kappa shape index (κ3) is 2.81. The summed E-state index contributed by atoms with van der Waals surface area (Å²) in [5.74, 6) is 1.76. The molecule has 4 rings (SSSR count). The summed E-state index contributed by atoms with van der Waals surface area (Å²) < 4.78 is 1.57. The molecular weight excluding hydrogens is 358 g/mol. The number of amides is 1. The van der Waals surface area contributed by atoms with Crippen molar-refractivity contribution in [3.05, 3.63) is 24.8 Å². The van der Waals surface area contributed by atoms with Gasteiger partial charge in [0.05, 0.1) is 6.20 Å². The minimum absolute atomic E-state index is 0.0679. The number of anilines is 2. The second-order valence-electron chi connectivity index (χ2n) is 7.05. The van der Waals surface area contributed by atoms with Crippen molar-refractivity contribution in [2.75, 3.05) is 16.8 Å². The van der Waals surface area contributed by atoms with Crippen LogP contribution in [-0.4, -0.2) is 60.0 Å². The summed E-state index contributed by atoms with van der Waals surface area (Å²) in [6.45, 7) is 6.22. The molecule has 0 aromatic carbocycles. The summed E-state index contributed by atoms with van der Waals surface area (Å²) in [4.78, 5) is 30.2. The summed E-state index contributed by atoms with van der Waals surface area (Å²) in [6, 6.07) is 1.68. The minimum atomic E-state index is -0.243. The normalized spacial score (nSPS) is 16.8. The number of nitrogens with zero attached hydrogens (tertiary/aromatic N) is 8. The number of likely N-dealkylation sites (N-methyl/N-ethyl adjacent to an activating group) is 1. The molecule has 1 aliphatic heterocycles. The number of carbonyl (C=O) groups is 1. The lowest BCUT2D eigenvalue weighted by molar-refractivity contribution is -0.120. The lowest BCUT2D eigenvalue weighted by atomic mass is 10.0. The molecule has 0 bridgehead atoms. The van der Waals surface area contributed by atoms with Gasteiger partial charge in [-0.1, -0.05) is 13.3 Å². The quantitative estimate of drug-likeness (QED) is 0.718. The average molecular weight is 381 g/mol.